The van der Waals surface area contributed by atoms with Gasteiger partial charge in [-0.25, -0.2) is 0 Å². The first-order valence-corrected chi connectivity index (χ1v) is 7.72. The topological polar surface area (TPSA) is 41.2 Å². The van der Waals surface area contributed by atoms with E-state index in [4.69, 9.17) is 5.11 Å². The van der Waals surface area contributed by atoms with Gasteiger partial charge in [-0.15, -0.1) is 0 Å². The van der Waals surface area contributed by atoms with Gasteiger partial charge < -0.3 is 22.1 Å². The predicted molar refractivity (Wildman–Crippen MR) is 78.4 cm³/mol. The predicted octanol–water partition coefficient (Wildman–Crippen LogP) is -0.390. The Hall–Kier alpha value is -0.560. The molecule has 0 saturated carbocycles. The van der Waals surface area contributed by atoms with Gasteiger partial charge in [0.15, 0.2) is 18.5 Å². The van der Waals surface area contributed by atoms with Gasteiger partial charge in [0.1, 0.15) is 0 Å². The summed E-state index contributed by atoms with van der Waals surface area (Å²) < 4.78 is 2.98. The lowest BCUT2D eigenvalue weighted by atomic mass is 10.1. The normalized spacial score (nSPS) is 10.1. The van der Waals surface area contributed by atoms with E-state index in [1.165, 1.54) is 0 Å². The molecule has 0 fully saturated rings. The molecule has 0 radical (unpaired) electrons. The molecule has 2 aromatic rings. The van der Waals surface area contributed by atoms with Crippen LogP contribution in [0.25, 0.3) is 0 Å². The summed E-state index contributed by atoms with van der Waals surface area (Å²) in [5.41, 5.74) is 2.73. The third-order valence-electron chi connectivity index (χ3n) is 2.77. The van der Waals surface area contributed by atoms with Crippen LogP contribution in [-0.4, -0.2) is 17.5 Å². The number of benzene rings is 1. The number of hydrogen-bond acceptors (Lipinski definition) is 3. The van der Waals surface area contributed by atoms with E-state index in [2.05, 4.69) is 15.9 Å². The lowest BCUT2D eigenvalue weighted by Crippen LogP contribution is -3.00. The fourth-order valence-electron chi connectivity index (χ4n) is 1.74. The molecule has 0 unspecified atom stereocenters. The number of aryl methyl sites for hydroxylation is 1. The molecule has 0 aliphatic rings. The first-order chi connectivity index (χ1) is 9.19. The minimum atomic E-state index is 0. The van der Waals surface area contributed by atoms with Crippen molar-refractivity contribution in [3.63, 3.8) is 0 Å². The summed E-state index contributed by atoms with van der Waals surface area (Å²) in [7, 11) is 0. The molecule has 0 aliphatic carbocycles. The molecule has 6 heteroatoms. The highest BCUT2D eigenvalue weighted by Crippen LogP contribution is 2.12. The van der Waals surface area contributed by atoms with Crippen molar-refractivity contribution in [1.82, 2.24) is 0 Å². The zero-order valence-corrected chi connectivity index (χ0v) is 14.7. The van der Waals surface area contributed by atoms with E-state index in [1.807, 2.05) is 40.5 Å². The zero-order chi connectivity index (χ0) is 13.7. The van der Waals surface area contributed by atoms with E-state index >= 15 is 0 Å². The second kappa shape index (κ2) is 8.67. The van der Waals surface area contributed by atoms with Crippen LogP contribution in [0.1, 0.15) is 21.7 Å². The Labute approximate surface area is 141 Å². The molecule has 0 bridgehead atoms. The average molecular weight is 421 g/mol. The summed E-state index contributed by atoms with van der Waals surface area (Å²) in [5.74, 6) is 0.148. The van der Waals surface area contributed by atoms with Crippen LogP contribution in [0.5, 0.6) is 0 Å². The molecule has 3 nitrogen and oxygen atoms in total. The fourth-order valence-corrected chi connectivity index (χ4v) is 2.85. The van der Waals surface area contributed by atoms with E-state index in [1.54, 1.807) is 11.3 Å². The molecule has 0 amide bonds. The van der Waals surface area contributed by atoms with Crippen LogP contribution < -0.4 is 21.5 Å². The van der Waals surface area contributed by atoms with Crippen LogP contribution in [0, 0.1) is 0 Å². The molecule has 0 aliphatic heterocycles. The SMILES string of the molecule is O=C(CC[n+]1csc(CCO)c1)c1ccc(Br)cc1.[Br-]. The molecular formula is C14H15Br2NO2S. The van der Waals surface area contributed by atoms with Gasteiger partial charge in [0.05, 0.1) is 11.3 Å². The zero-order valence-electron chi connectivity index (χ0n) is 10.8. The number of hydrogen-bond donors (Lipinski definition) is 1. The van der Waals surface area contributed by atoms with Gasteiger partial charge in [0.25, 0.3) is 0 Å². The molecule has 1 aromatic heterocycles. The standard InChI is InChI=1S/C14H15BrNO2S.BrH/c15-12-3-1-11(2-4-12)14(18)5-7-16-9-13(6-8-17)19-10-16;/h1-4,9-10,17H,5-8H2;1H/q+1;/p-1. The lowest BCUT2D eigenvalue weighted by molar-refractivity contribution is -0.691. The lowest BCUT2D eigenvalue weighted by Gasteiger charge is -1.98. The number of halogens is 2. The fraction of sp³-hybridized carbons (Fsp3) is 0.286. The highest BCUT2D eigenvalue weighted by atomic mass is 79.9. The van der Waals surface area contributed by atoms with Crippen molar-refractivity contribution in [2.24, 2.45) is 0 Å². The van der Waals surface area contributed by atoms with Crippen LogP contribution >= 0.6 is 27.3 Å². The molecule has 2 rings (SSSR count). The Morgan fingerprint density at radius 3 is 2.65 bits per heavy atom. The van der Waals surface area contributed by atoms with Crippen molar-refractivity contribution in [1.29, 1.82) is 0 Å². The van der Waals surface area contributed by atoms with Crippen molar-refractivity contribution in [3.8, 4) is 0 Å². The van der Waals surface area contributed by atoms with Gasteiger partial charge in [0, 0.05) is 23.1 Å². The van der Waals surface area contributed by atoms with Crippen molar-refractivity contribution >= 4 is 33.0 Å². The molecule has 20 heavy (non-hydrogen) atoms. The number of aromatic nitrogens is 1. The summed E-state index contributed by atoms with van der Waals surface area (Å²) in [6.45, 7) is 0.842. The highest BCUT2D eigenvalue weighted by Gasteiger charge is 2.11. The maximum atomic E-state index is 12.0. The average Bonchev–Trinajstić information content (AvgIpc) is 2.85. The van der Waals surface area contributed by atoms with Crippen LogP contribution in [0.3, 0.4) is 0 Å². The van der Waals surface area contributed by atoms with Gasteiger partial charge in [-0.2, -0.15) is 4.57 Å². The molecular weight excluding hydrogens is 406 g/mol. The second-order valence-electron chi connectivity index (χ2n) is 4.21. The number of aliphatic hydroxyl groups is 1. The van der Waals surface area contributed by atoms with E-state index in [0.29, 0.717) is 19.4 Å². The maximum Gasteiger partial charge on any atom is 0.224 e. The van der Waals surface area contributed by atoms with E-state index < -0.39 is 0 Å². The Kier molecular flexibility index (Phi) is 7.58. The summed E-state index contributed by atoms with van der Waals surface area (Å²) in [5, 5.41) is 8.86. The summed E-state index contributed by atoms with van der Waals surface area (Å²) >= 11 is 4.96. The number of rotatable bonds is 6. The second-order valence-corrected chi connectivity index (χ2v) is 6.10. The molecule has 1 heterocycles. The molecule has 0 saturated heterocycles. The van der Waals surface area contributed by atoms with Crippen molar-refractivity contribution < 1.29 is 31.4 Å². The maximum absolute atomic E-state index is 12.0. The first kappa shape index (κ1) is 17.5. The molecule has 0 spiro atoms. The summed E-state index contributed by atoms with van der Waals surface area (Å²) in [4.78, 5) is 13.1. The van der Waals surface area contributed by atoms with Crippen molar-refractivity contribution in [2.45, 2.75) is 19.4 Å². The van der Waals surface area contributed by atoms with E-state index in [-0.39, 0.29) is 29.4 Å². The minimum absolute atomic E-state index is 0. The number of carbonyl (C=O) groups is 1. The number of Topliss-reactive ketones (excluding diaryl/α,β-unsaturated/α-hetero) is 1. The summed E-state index contributed by atoms with van der Waals surface area (Å²) in [6, 6.07) is 7.43. The monoisotopic (exact) mass is 419 g/mol. The van der Waals surface area contributed by atoms with Crippen LogP contribution in [0.2, 0.25) is 0 Å². The van der Waals surface area contributed by atoms with Gasteiger partial charge in [-0.05, 0) is 12.1 Å². The largest absolute Gasteiger partial charge is 1.00 e. The van der Waals surface area contributed by atoms with E-state index in [9.17, 15) is 4.79 Å². The number of carbonyl (C=O) groups excluding carboxylic acids is 1. The Bertz CT molecular complexity index is 555. The first-order valence-electron chi connectivity index (χ1n) is 6.05. The Balaban J connectivity index is 0.00000200. The highest BCUT2D eigenvalue weighted by molar-refractivity contribution is 9.10. The van der Waals surface area contributed by atoms with E-state index in [0.717, 1.165) is 14.9 Å². The van der Waals surface area contributed by atoms with Gasteiger partial charge in [-0.3, -0.25) is 4.79 Å². The number of nitrogens with zero attached hydrogens (tertiary/aromatic N) is 1. The quantitative estimate of drug-likeness (QED) is 0.510. The third-order valence-corrected chi connectivity index (χ3v) is 4.29. The van der Waals surface area contributed by atoms with Crippen LogP contribution in [-0.2, 0) is 13.0 Å². The number of ketones is 1. The van der Waals surface area contributed by atoms with Crippen molar-refractivity contribution in [2.75, 3.05) is 6.61 Å². The van der Waals surface area contributed by atoms with Gasteiger partial charge in [-0.1, -0.05) is 39.4 Å². The smallest absolute Gasteiger partial charge is 0.224 e. The summed E-state index contributed by atoms with van der Waals surface area (Å²) in [6.07, 6.45) is 3.16. The number of thiazole rings is 1. The molecule has 0 atom stereocenters. The third kappa shape index (κ3) is 5.09. The van der Waals surface area contributed by atoms with Crippen LogP contribution in [0.15, 0.2) is 40.4 Å². The minimum Gasteiger partial charge on any atom is -1.00 e. The Morgan fingerprint density at radius 1 is 1.30 bits per heavy atom. The molecule has 108 valence electrons. The van der Waals surface area contributed by atoms with Crippen molar-refractivity contribution in [3.05, 3.63) is 50.9 Å². The van der Waals surface area contributed by atoms with Gasteiger partial charge in [0.2, 0.25) is 5.51 Å². The molecule has 1 aromatic carbocycles. The Morgan fingerprint density at radius 2 is 2.00 bits per heavy atom. The molecule has 1 N–H and O–H groups in total. The van der Waals surface area contributed by atoms with Gasteiger partial charge >= 0.3 is 0 Å². The number of aliphatic hydroxyl groups excluding tert-OH is 1. The van der Waals surface area contributed by atoms with Crippen LogP contribution in [0.4, 0.5) is 0 Å².